The Morgan fingerprint density at radius 3 is 2.44 bits per heavy atom. The molecule has 5 rings (SSSR count). The number of carbonyl (C=O) groups excluding carboxylic acids is 1. The van der Waals surface area contributed by atoms with E-state index in [2.05, 4.69) is 98.5 Å². The van der Waals surface area contributed by atoms with Crippen LogP contribution in [0.4, 0.5) is 5.82 Å². The summed E-state index contributed by atoms with van der Waals surface area (Å²) in [4.78, 5) is 21.8. The zero-order valence-electron chi connectivity index (χ0n) is 22.8. The van der Waals surface area contributed by atoms with E-state index in [1.165, 1.54) is 16.7 Å². The molecule has 2 heterocycles. The maximum absolute atomic E-state index is 12.8. The minimum atomic E-state index is -0.213. The largest absolute Gasteiger partial charge is 0.383 e. The van der Waals surface area contributed by atoms with Crippen molar-refractivity contribution in [2.75, 3.05) is 39.0 Å². The molecule has 0 radical (unpaired) electrons. The fourth-order valence-corrected chi connectivity index (χ4v) is 5.87. The number of nitrogens with one attached hydrogen (secondary N) is 1. The van der Waals surface area contributed by atoms with Gasteiger partial charge in [-0.2, -0.15) is 0 Å². The normalized spacial score (nSPS) is 21.1. The number of hydrogen-bond acceptors (Lipinski definition) is 6. The van der Waals surface area contributed by atoms with Crippen LogP contribution in [-0.4, -0.2) is 66.1 Å². The van der Waals surface area contributed by atoms with E-state index >= 15 is 0 Å². The molecule has 39 heavy (non-hydrogen) atoms. The molecule has 2 aliphatic rings. The van der Waals surface area contributed by atoms with Gasteiger partial charge in [-0.25, -0.2) is 4.98 Å². The van der Waals surface area contributed by atoms with E-state index in [4.69, 9.17) is 10.5 Å². The number of nitrogens with zero attached hydrogens (tertiary/aromatic N) is 3. The van der Waals surface area contributed by atoms with E-state index in [-0.39, 0.29) is 23.9 Å². The first kappa shape index (κ1) is 27.8. The van der Waals surface area contributed by atoms with E-state index in [9.17, 15) is 4.79 Å². The Hall–Kier alpha value is -2.78. The van der Waals surface area contributed by atoms with Crippen LogP contribution < -0.4 is 11.1 Å². The highest BCUT2D eigenvalue weighted by molar-refractivity contribution is 9.10. The average molecular weight is 593 g/mol. The van der Waals surface area contributed by atoms with E-state index < -0.39 is 0 Å². The van der Waals surface area contributed by atoms with Gasteiger partial charge in [-0.05, 0) is 77.5 Å². The summed E-state index contributed by atoms with van der Waals surface area (Å²) in [5.41, 5.74) is 11.2. The molecule has 2 unspecified atom stereocenters. The number of rotatable bonds is 8. The molecule has 206 valence electrons. The Bertz CT molecular complexity index is 1260. The van der Waals surface area contributed by atoms with Crippen molar-refractivity contribution in [2.45, 2.75) is 51.0 Å². The Morgan fingerprint density at radius 2 is 1.74 bits per heavy atom. The second-order valence-electron chi connectivity index (χ2n) is 10.8. The van der Waals surface area contributed by atoms with Gasteiger partial charge in [-0.3, -0.25) is 9.69 Å². The fraction of sp³-hybridized carbons (Fsp3) is 0.419. The minimum Gasteiger partial charge on any atom is -0.383 e. The minimum absolute atomic E-state index is 0.0233. The number of benzene rings is 2. The predicted molar refractivity (Wildman–Crippen MR) is 159 cm³/mol. The van der Waals surface area contributed by atoms with Gasteiger partial charge in [-0.1, -0.05) is 48.5 Å². The molecule has 0 bridgehead atoms. The smallest absolute Gasteiger partial charge is 0.255 e. The quantitative estimate of drug-likeness (QED) is 0.371. The monoisotopic (exact) mass is 591 g/mol. The second kappa shape index (κ2) is 12.6. The Morgan fingerprint density at radius 1 is 1.08 bits per heavy atom. The lowest BCUT2D eigenvalue weighted by Gasteiger charge is -2.36. The van der Waals surface area contributed by atoms with Crippen LogP contribution in [0.5, 0.6) is 0 Å². The summed E-state index contributed by atoms with van der Waals surface area (Å²) in [5, 5.41) is 3.11. The molecule has 3 atom stereocenters. The number of carbonyl (C=O) groups is 1. The number of halogens is 1. The zero-order valence-corrected chi connectivity index (χ0v) is 24.4. The Labute approximate surface area is 239 Å². The molecule has 1 aliphatic carbocycles. The molecule has 3 N–H and O–H groups in total. The van der Waals surface area contributed by atoms with Gasteiger partial charge in [0.15, 0.2) is 0 Å². The lowest BCUT2D eigenvalue weighted by molar-refractivity contribution is 0.0272. The van der Waals surface area contributed by atoms with Gasteiger partial charge < -0.3 is 20.7 Å². The van der Waals surface area contributed by atoms with Gasteiger partial charge in [0.05, 0.1) is 24.3 Å². The van der Waals surface area contributed by atoms with Gasteiger partial charge in [0.2, 0.25) is 0 Å². The molecule has 1 aromatic heterocycles. The van der Waals surface area contributed by atoms with Crippen molar-refractivity contribution in [3.05, 3.63) is 82.0 Å². The summed E-state index contributed by atoms with van der Waals surface area (Å²) in [7, 11) is 2.19. The first-order valence-corrected chi connectivity index (χ1v) is 14.6. The van der Waals surface area contributed by atoms with Crippen LogP contribution >= 0.6 is 15.9 Å². The van der Waals surface area contributed by atoms with Gasteiger partial charge in [0.25, 0.3) is 5.91 Å². The van der Waals surface area contributed by atoms with Gasteiger partial charge in [0.1, 0.15) is 5.82 Å². The van der Waals surface area contributed by atoms with Crippen LogP contribution in [0, 0.1) is 0 Å². The zero-order chi connectivity index (χ0) is 27.4. The first-order chi connectivity index (χ1) is 18.9. The third kappa shape index (κ3) is 6.87. The molecular weight excluding hydrogens is 554 g/mol. The molecular formula is C31H38BrN5O2. The molecule has 1 saturated carbocycles. The molecule has 2 aromatic carbocycles. The maximum Gasteiger partial charge on any atom is 0.255 e. The van der Waals surface area contributed by atoms with E-state index in [0.29, 0.717) is 18.2 Å². The first-order valence-electron chi connectivity index (χ1n) is 13.8. The van der Waals surface area contributed by atoms with Crippen LogP contribution in [0.2, 0.25) is 0 Å². The number of amides is 1. The average Bonchev–Trinajstić information content (AvgIpc) is 3.40. The van der Waals surface area contributed by atoms with Crippen molar-refractivity contribution in [3.8, 4) is 11.1 Å². The summed E-state index contributed by atoms with van der Waals surface area (Å²) >= 11 is 3.36. The van der Waals surface area contributed by atoms with E-state index in [0.717, 1.165) is 55.5 Å². The molecule has 3 aromatic rings. The maximum atomic E-state index is 12.8. The number of nitrogens with two attached hydrogens (primary N) is 1. The highest BCUT2D eigenvalue weighted by atomic mass is 79.9. The standard InChI is InChI=1S/C31H38BrN5O2/c1-21(37-16-14-36(2)15-17-37)23-10-12-25(13-11-23)24-8-6-22(7-9-24)20-39-29-5-3-4-28(29)35-31(38)27-18-26(32)19-34-30(27)33/h6-13,18-19,21,28-29H,3-5,14-17,20H2,1-2H3,(H2,33,34)(H,35,38)/t21?,28-,29?/m0/s1. The van der Waals surface area contributed by atoms with Gasteiger partial charge in [-0.15, -0.1) is 0 Å². The van der Waals surface area contributed by atoms with Crippen LogP contribution in [-0.2, 0) is 11.3 Å². The number of nitrogen functional groups attached to an aromatic ring is 1. The van der Waals surface area contributed by atoms with Gasteiger partial charge >= 0.3 is 0 Å². The van der Waals surface area contributed by atoms with Crippen molar-refractivity contribution in [3.63, 3.8) is 0 Å². The highest BCUT2D eigenvalue weighted by Gasteiger charge is 2.30. The number of likely N-dealkylation sites (N-methyl/N-ethyl adjacent to an activating group) is 1. The molecule has 1 saturated heterocycles. The predicted octanol–water partition coefficient (Wildman–Crippen LogP) is 5.27. The second-order valence-corrected chi connectivity index (χ2v) is 11.7. The van der Waals surface area contributed by atoms with E-state index in [1.54, 1.807) is 12.3 Å². The molecule has 0 spiro atoms. The van der Waals surface area contributed by atoms with Crippen LogP contribution in [0.1, 0.15) is 53.7 Å². The summed E-state index contributed by atoms with van der Waals surface area (Å²) in [6.07, 6.45) is 4.40. The van der Waals surface area contributed by atoms with Crippen molar-refractivity contribution in [1.29, 1.82) is 0 Å². The third-order valence-electron chi connectivity index (χ3n) is 8.13. The topological polar surface area (TPSA) is 83.7 Å². The van der Waals surface area contributed by atoms with Crippen molar-refractivity contribution >= 4 is 27.7 Å². The molecule has 8 heteroatoms. The van der Waals surface area contributed by atoms with Crippen molar-refractivity contribution in [2.24, 2.45) is 0 Å². The third-order valence-corrected chi connectivity index (χ3v) is 8.56. The number of hydrogen-bond donors (Lipinski definition) is 2. The summed E-state index contributed by atoms with van der Waals surface area (Å²) < 4.78 is 6.99. The summed E-state index contributed by atoms with van der Waals surface area (Å²) in [5.74, 6) is 0.0144. The van der Waals surface area contributed by atoms with Crippen molar-refractivity contribution in [1.82, 2.24) is 20.1 Å². The molecule has 1 aliphatic heterocycles. The summed E-state index contributed by atoms with van der Waals surface area (Å²) in [6.45, 7) is 7.32. The SMILES string of the molecule is CC(c1ccc(-c2ccc(COC3CCC[C@@H]3NC(=O)c3cc(Br)cnc3N)cc2)cc1)N1CCN(C)CC1. The lowest BCUT2D eigenvalue weighted by atomic mass is 9.99. The van der Waals surface area contributed by atoms with Gasteiger partial charge in [0, 0.05) is 42.9 Å². The molecule has 7 nitrogen and oxygen atoms in total. The number of ether oxygens (including phenoxy) is 1. The number of pyridine rings is 1. The highest BCUT2D eigenvalue weighted by Crippen LogP contribution is 2.27. The Kier molecular flexibility index (Phi) is 8.97. The number of anilines is 1. The summed E-state index contributed by atoms with van der Waals surface area (Å²) in [6, 6.07) is 19.7. The van der Waals surface area contributed by atoms with Crippen molar-refractivity contribution < 1.29 is 9.53 Å². The fourth-order valence-electron chi connectivity index (χ4n) is 5.54. The number of piperazine rings is 1. The van der Waals surface area contributed by atoms with Crippen LogP contribution in [0.15, 0.2) is 65.3 Å². The number of aromatic nitrogens is 1. The Balaban J connectivity index is 1.14. The molecule has 2 fully saturated rings. The van der Waals surface area contributed by atoms with Crippen LogP contribution in [0.25, 0.3) is 11.1 Å². The lowest BCUT2D eigenvalue weighted by Crippen LogP contribution is -2.45. The van der Waals surface area contributed by atoms with E-state index in [1.807, 2.05) is 0 Å². The van der Waals surface area contributed by atoms with Crippen LogP contribution in [0.3, 0.4) is 0 Å². The molecule has 1 amide bonds.